The molecule has 4 heterocycles. The maximum absolute atomic E-state index is 13.4. The first-order valence-corrected chi connectivity index (χ1v) is 15.6. The lowest BCUT2D eigenvalue weighted by Crippen LogP contribution is -2.76. The average Bonchev–Trinajstić information content (AvgIpc) is 3.71. The Kier molecular flexibility index (Phi) is 9.24. The number of nitrogen functional groups attached to an aromatic ring is 1. The molecule has 8 N–H and O–H groups in total. The van der Waals surface area contributed by atoms with E-state index in [0.717, 1.165) is 22.1 Å². The third kappa shape index (κ3) is 7.10. The predicted octanol–water partition coefficient (Wildman–Crippen LogP) is -0.462. The minimum atomic E-state index is -4.99. The Labute approximate surface area is 264 Å². The van der Waals surface area contributed by atoms with Crippen LogP contribution in [0.15, 0.2) is 41.0 Å². The predicted molar refractivity (Wildman–Crippen MR) is 161 cm³/mol. The highest BCUT2D eigenvalue weighted by atomic mass is 32.3. The molecule has 2 amide bonds. The number of fused-ring (bicyclic) bond motifs is 1. The zero-order chi connectivity index (χ0) is 33.1. The molecule has 1 aromatic carbocycles. The van der Waals surface area contributed by atoms with Crippen molar-refractivity contribution >= 4 is 61.0 Å². The molecule has 1 aliphatic heterocycles. The SMILES string of the molecule is CC1(C)C(NC(=O)/C(=N\OC(COc2ccc3c(NCCN)nccc3c2)c2nn[nH]n2)c2csc(N)n2)C(=O)N1OS(=O)(=O)O. The number of hydrogen-bond donors (Lipinski definition) is 6. The first kappa shape index (κ1) is 32.4. The summed E-state index contributed by atoms with van der Waals surface area (Å²) in [4.78, 5) is 40.1. The second kappa shape index (κ2) is 13.1. The number of H-pyrrole nitrogens is 1. The van der Waals surface area contributed by atoms with Gasteiger partial charge in [0.05, 0.1) is 5.54 Å². The number of hydroxylamine groups is 2. The first-order valence-electron chi connectivity index (χ1n) is 13.3. The summed E-state index contributed by atoms with van der Waals surface area (Å²) in [5, 5.41) is 27.1. The highest BCUT2D eigenvalue weighted by Crippen LogP contribution is 2.33. The van der Waals surface area contributed by atoms with E-state index < -0.39 is 39.9 Å². The number of tetrazole rings is 1. The van der Waals surface area contributed by atoms with E-state index in [1.165, 1.54) is 19.2 Å². The number of nitrogens with one attached hydrogen (secondary N) is 3. The van der Waals surface area contributed by atoms with Crippen molar-refractivity contribution in [1.29, 1.82) is 0 Å². The summed E-state index contributed by atoms with van der Waals surface area (Å²) in [5.74, 6) is -0.667. The molecular formula is C24H28N12O8S2. The van der Waals surface area contributed by atoms with E-state index in [2.05, 4.69) is 50.7 Å². The van der Waals surface area contributed by atoms with Gasteiger partial charge in [-0.05, 0) is 43.5 Å². The fourth-order valence-electron chi connectivity index (χ4n) is 4.34. The Morgan fingerprint density at radius 2 is 2.13 bits per heavy atom. The molecule has 1 saturated heterocycles. The van der Waals surface area contributed by atoms with Crippen molar-refractivity contribution in [1.82, 2.24) is 41.0 Å². The van der Waals surface area contributed by atoms with Gasteiger partial charge in [0.2, 0.25) is 11.9 Å². The number of carbonyl (C=O) groups excluding carboxylic acids is 2. The number of anilines is 2. The number of aromatic nitrogens is 6. The van der Waals surface area contributed by atoms with Gasteiger partial charge in [-0.15, -0.1) is 25.8 Å². The van der Waals surface area contributed by atoms with Crippen LogP contribution in [0.25, 0.3) is 10.8 Å². The fourth-order valence-corrected chi connectivity index (χ4v) is 5.35. The maximum Gasteiger partial charge on any atom is 0.418 e. The number of nitrogens with two attached hydrogens (primary N) is 2. The van der Waals surface area contributed by atoms with Gasteiger partial charge in [0.15, 0.2) is 10.8 Å². The Bertz CT molecular complexity index is 1870. The summed E-state index contributed by atoms with van der Waals surface area (Å²) in [5.41, 5.74) is 9.62. The number of ether oxygens (including phenoxy) is 1. The number of aromatic amines is 1. The molecule has 0 spiro atoms. The van der Waals surface area contributed by atoms with Gasteiger partial charge in [-0.25, -0.2) is 9.97 Å². The van der Waals surface area contributed by atoms with Gasteiger partial charge in [-0.2, -0.15) is 18.7 Å². The van der Waals surface area contributed by atoms with E-state index in [4.69, 9.17) is 25.6 Å². The minimum Gasteiger partial charge on any atom is -0.489 e. The molecule has 3 aromatic heterocycles. The van der Waals surface area contributed by atoms with Crippen molar-refractivity contribution in [2.45, 2.75) is 31.5 Å². The molecule has 22 heteroatoms. The van der Waals surface area contributed by atoms with Crippen LogP contribution in [0.2, 0.25) is 0 Å². The van der Waals surface area contributed by atoms with Crippen LogP contribution in [0.5, 0.6) is 5.75 Å². The van der Waals surface area contributed by atoms with Gasteiger partial charge in [0.25, 0.3) is 11.8 Å². The van der Waals surface area contributed by atoms with Crippen LogP contribution < -0.4 is 26.8 Å². The lowest BCUT2D eigenvalue weighted by molar-refractivity contribution is -0.218. The van der Waals surface area contributed by atoms with Crippen molar-refractivity contribution in [3.8, 4) is 5.75 Å². The molecule has 1 aliphatic rings. The highest BCUT2D eigenvalue weighted by Gasteiger charge is 2.58. The monoisotopic (exact) mass is 676 g/mol. The van der Waals surface area contributed by atoms with Crippen molar-refractivity contribution in [3.05, 3.63) is 47.4 Å². The highest BCUT2D eigenvalue weighted by molar-refractivity contribution is 7.80. The Morgan fingerprint density at radius 1 is 1.33 bits per heavy atom. The Balaban J connectivity index is 1.35. The molecule has 0 bridgehead atoms. The summed E-state index contributed by atoms with van der Waals surface area (Å²) in [7, 11) is -4.99. The molecule has 244 valence electrons. The maximum atomic E-state index is 13.4. The van der Waals surface area contributed by atoms with E-state index in [9.17, 15) is 18.0 Å². The number of amides is 2. The molecule has 1 fully saturated rings. The summed E-state index contributed by atoms with van der Waals surface area (Å²) in [6, 6.07) is 5.91. The molecule has 2 unspecified atom stereocenters. The summed E-state index contributed by atoms with van der Waals surface area (Å²) in [6.07, 6.45) is 0.563. The number of hydrogen-bond acceptors (Lipinski definition) is 17. The molecule has 0 radical (unpaired) electrons. The standard InChI is InChI=1S/C24H28N12O8S2/c1-24(2)18(22(38)36(24)44-46(39,40)41)30-21(37)17(15-11-45-23(26)29-15)33-43-16(20-31-34-35-32-20)10-42-13-3-4-14-12(9-13)5-7-27-19(14)28-8-6-25/h3-5,7,9,11,16,18H,6,8,10,25H2,1-2H3,(H2,26,29)(H,27,28)(H,30,37)(H,39,40,41)(H,31,32,34,35)/b33-17-. The number of β-lactam (4-membered cyclic amide) rings is 1. The first-order chi connectivity index (χ1) is 21.9. The number of thiazole rings is 1. The molecule has 5 rings (SSSR count). The molecule has 4 aromatic rings. The Hall–Kier alpha value is -5.03. The van der Waals surface area contributed by atoms with Gasteiger partial charge < -0.3 is 31.7 Å². The number of nitrogens with zero attached hydrogens (tertiary/aromatic N) is 7. The van der Waals surface area contributed by atoms with Crippen LogP contribution in [0.1, 0.15) is 31.5 Å². The second-order valence-corrected chi connectivity index (χ2v) is 12.0. The number of rotatable bonds is 14. The van der Waals surface area contributed by atoms with Gasteiger partial charge in [-0.3, -0.25) is 14.1 Å². The number of benzene rings is 1. The molecular weight excluding hydrogens is 648 g/mol. The summed E-state index contributed by atoms with van der Waals surface area (Å²) >= 11 is 1.02. The van der Waals surface area contributed by atoms with Crippen LogP contribution >= 0.6 is 11.3 Å². The number of carbonyl (C=O) groups is 2. The fraction of sp³-hybridized carbons (Fsp3) is 0.333. The van der Waals surface area contributed by atoms with Crippen LogP contribution in [-0.2, 0) is 29.1 Å². The van der Waals surface area contributed by atoms with Crippen molar-refractivity contribution in [2.75, 3.05) is 30.7 Å². The van der Waals surface area contributed by atoms with E-state index in [1.54, 1.807) is 18.3 Å². The van der Waals surface area contributed by atoms with Crippen LogP contribution in [0.3, 0.4) is 0 Å². The van der Waals surface area contributed by atoms with Gasteiger partial charge in [-0.1, -0.05) is 10.4 Å². The number of pyridine rings is 1. The molecule has 0 aliphatic carbocycles. The molecule has 0 saturated carbocycles. The largest absolute Gasteiger partial charge is 0.489 e. The van der Waals surface area contributed by atoms with Gasteiger partial charge in [0, 0.05) is 30.1 Å². The third-order valence-electron chi connectivity index (χ3n) is 6.60. The van der Waals surface area contributed by atoms with Crippen LogP contribution in [-0.4, -0.2) is 97.4 Å². The van der Waals surface area contributed by atoms with Gasteiger partial charge >= 0.3 is 10.4 Å². The van der Waals surface area contributed by atoms with Crippen LogP contribution in [0.4, 0.5) is 10.9 Å². The Morgan fingerprint density at radius 3 is 2.78 bits per heavy atom. The smallest absolute Gasteiger partial charge is 0.418 e. The lowest BCUT2D eigenvalue weighted by atomic mass is 9.84. The zero-order valence-corrected chi connectivity index (χ0v) is 25.8. The number of oxime groups is 1. The lowest BCUT2D eigenvalue weighted by Gasteiger charge is -2.50. The second-order valence-electron chi connectivity index (χ2n) is 10.1. The van der Waals surface area contributed by atoms with E-state index in [0.29, 0.717) is 29.7 Å². The molecule has 2 atom stereocenters. The summed E-state index contributed by atoms with van der Waals surface area (Å²) < 4.78 is 41.6. The van der Waals surface area contributed by atoms with Crippen molar-refractivity contribution in [3.63, 3.8) is 0 Å². The minimum absolute atomic E-state index is 0.0191. The topological polar surface area (TPSA) is 288 Å². The van der Waals surface area contributed by atoms with Crippen LogP contribution in [0, 0.1) is 0 Å². The van der Waals surface area contributed by atoms with E-state index in [1.807, 2.05) is 12.1 Å². The molecule has 20 nitrogen and oxygen atoms in total. The quantitative estimate of drug-likeness (QED) is 0.0426. The van der Waals surface area contributed by atoms with E-state index in [-0.39, 0.29) is 29.0 Å². The molecule has 46 heavy (non-hydrogen) atoms. The van der Waals surface area contributed by atoms with Crippen molar-refractivity contribution in [2.24, 2.45) is 10.9 Å². The average molecular weight is 677 g/mol. The van der Waals surface area contributed by atoms with Gasteiger partial charge in [0.1, 0.15) is 29.9 Å². The summed E-state index contributed by atoms with van der Waals surface area (Å²) in [6.45, 7) is 3.63. The zero-order valence-electron chi connectivity index (χ0n) is 24.1. The van der Waals surface area contributed by atoms with Crippen molar-refractivity contribution < 1.29 is 36.4 Å². The normalized spacial score (nSPS) is 17.0. The van der Waals surface area contributed by atoms with E-state index >= 15 is 0 Å². The third-order valence-corrected chi connectivity index (χ3v) is 7.61.